The first-order chi connectivity index (χ1) is 8.13. The number of carbonyl (C=O) groups excluding carboxylic acids is 1. The molecule has 17 heavy (non-hydrogen) atoms. The van der Waals surface area contributed by atoms with Crippen molar-refractivity contribution < 1.29 is 9.32 Å². The van der Waals surface area contributed by atoms with Crippen molar-refractivity contribution in [1.82, 2.24) is 5.16 Å². The number of hydrogen-bond acceptors (Lipinski definition) is 4. The number of nitrogen functional groups attached to an aromatic ring is 1. The van der Waals surface area contributed by atoms with E-state index in [4.69, 9.17) is 10.3 Å². The Morgan fingerprint density at radius 1 is 1.47 bits per heavy atom. The van der Waals surface area contributed by atoms with Crippen molar-refractivity contribution in [2.24, 2.45) is 0 Å². The van der Waals surface area contributed by atoms with Crippen LogP contribution in [0.3, 0.4) is 0 Å². The molecule has 0 radical (unpaired) electrons. The van der Waals surface area contributed by atoms with E-state index in [9.17, 15) is 4.79 Å². The smallest absolute Gasteiger partial charge is 0.231 e. The maximum Gasteiger partial charge on any atom is 0.231 e. The molecule has 1 heterocycles. The van der Waals surface area contributed by atoms with Gasteiger partial charge in [-0.15, -0.1) is 0 Å². The van der Waals surface area contributed by atoms with Gasteiger partial charge in [-0.2, -0.15) is 0 Å². The van der Waals surface area contributed by atoms with Crippen molar-refractivity contribution in [3.63, 3.8) is 0 Å². The van der Waals surface area contributed by atoms with Gasteiger partial charge in [-0.25, -0.2) is 0 Å². The van der Waals surface area contributed by atoms with E-state index in [1.165, 1.54) is 0 Å². The fraction of sp³-hybridized carbons (Fsp3) is 0.167. The van der Waals surface area contributed by atoms with Gasteiger partial charge in [0.2, 0.25) is 11.8 Å². The van der Waals surface area contributed by atoms with E-state index >= 15 is 0 Å². The molecule has 1 aromatic heterocycles. The molecule has 0 atom stereocenters. The molecule has 0 saturated carbocycles. The van der Waals surface area contributed by atoms with E-state index in [0.29, 0.717) is 11.6 Å². The number of anilines is 2. The van der Waals surface area contributed by atoms with Gasteiger partial charge in [-0.05, 0) is 24.6 Å². The Balaban J connectivity index is 1.98. The van der Waals surface area contributed by atoms with E-state index in [0.717, 1.165) is 11.3 Å². The molecule has 0 aliphatic carbocycles. The number of amides is 1. The topological polar surface area (TPSA) is 81.2 Å². The van der Waals surface area contributed by atoms with Gasteiger partial charge in [0.1, 0.15) is 0 Å². The van der Waals surface area contributed by atoms with Crippen LogP contribution in [0.15, 0.2) is 34.9 Å². The summed E-state index contributed by atoms with van der Waals surface area (Å²) < 4.78 is 4.89. The lowest BCUT2D eigenvalue weighted by molar-refractivity contribution is -0.115. The fourth-order valence-corrected chi connectivity index (χ4v) is 1.49. The molecule has 5 heteroatoms. The monoisotopic (exact) mass is 231 g/mol. The van der Waals surface area contributed by atoms with Crippen molar-refractivity contribution in [1.29, 1.82) is 0 Å². The normalized spacial score (nSPS) is 10.2. The number of hydrogen-bond donors (Lipinski definition) is 2. The summed E-state index contributed by atoms with van der Waals surface area (Å²) in [6.07, 6.45) is 0.255. The van der Waals surface area contributed by atoms with Crippen molar-refractivity contribution in [2.75, 3.05) is 11.1 Å². The van der Waals surface area contributed by atoms with Crippen LogP contribution in [0.25, 0.3) is 0 Å². The van der Waals surface area contributed by atoms with Gasteiger partial charge in [0, 0.05) is 11.8 Å². The Hall–Kier alpha value is -2.30. The number of nitrogens with two attached hydrogens (primary N) is 1. The first-order valence-corrected chi connectivity index (χ1v) is 5.21. The van der Waals surface area contributed by atoms with Gasteiger partial charge in [-0.3, -0.25) is 10.1 Å². The van der Waals surface area contributed by atoms with Crippen LogP contribution in [0.4, 0.5) is 11.6 Å². The highest BCUT2D eigenvalue weighted by Crippen LogP contribution is 2.11. The molecular weight excluding hydrogens is 218 g/mol. The average Bonchev–Trinajstić information content (AvgIpc) is 2.63. The first-order valence-electron chi connectivity index (χ1n) is 5.21. The highest BCUT2D eigenvalue weighted by molar-refractivity contribution is 5.91. The molecule has 0 spiro atoms. The minimum Gasteiger partial charge on any atom is -0.399 e. The molecule has 5 nitrogen and oxygen atoms in total. The molecule has 3 N–H and O–H groups in total. The second-order valence-corrected chi connectivity index (χ2v) is 3.80. The third-order valence-electron chi connectivity index (χ3n) is 2.21. The molecule has 0 saturated heterocycles. The fourth-order valence-electron chi connectivity index (χ4n) is 1.49. The summed E-state index contributed by atoms with van der Waals surface area (Å²) in [4.78, 5) is 11.7. The molecule has 1 aromatic carbocycles. The summed E-state index contributed by atoms with van der Waals surface area (Å²) in [6, 6.07) is 8.88. The lowest BCUT2D eigenvalue weighted by Crippen LogP contribution is -2.13. The number of nitrogens with one attached hydrogen (secondary N) is 1. The Labute approximate surface area is 98.6 Å². The average molecular weight is 231 g/mol. The summed E-state index contributed by atoms with van der Waals surface area (Å²) in [7, 11) is 0. The molecule has 0 fully saturated rings. The quantitative estimate of drug-likeness (QED) is 0.788. The predicted octanol–water partition coefficient (Wildman–Crippen LogP) is 1.75. The molecule has 0 aliphatic heterocycles. The maximum absolute atomic E-state index is 11.7. The number of aromatic nitrogens is 1. The summed E-state index contributed by atoms with van der Waals surface area (Å²) >= 11 is 0. The molecule has 88 valence electrons. The Morgan fingerprint density at radius 3 is 2.94 bits per heavy atom. The van der Waals surface area contributed by atoms with E-state index < -0.39 is 0 Å². The summed E-state index contributed by atoms with van der Waals surface area (Å²) in [5.41, 5.74) is 7.86. The van der Waals surface area contributed by atoms with Crippen LogP contribution in [0.1, 0.15) is 11.3 Å². The van der Waals surface area contributed by atoms with Gasteiger partial charge in [0.15, 0.2) is 0 Å². The van der Waals surface area contributed by atoms with Crippen molar-refractivity contribution in [2.45, 2.75) is 13.3 Å². The number of carbonyl (C=O) groups is 1. The van der Waals surface area contributed by atoms with E-state index in [1.54, 1.807) is 25.1 Å². The van der Waals surface area contributed by atoms with Gasteiger partial charge >= 0.3 is 0 Å². The van der Waals surface area contributed by atoms with Crippen LogP contribution in [0, 0.1) is 6.92 Å². The Bertz CT molecular complexity index is 534. The Morgan fingerprint density at radius 2 is 2.29 bits per heavy atom. The third-order valence-corrected chi connectivity index (χ3v) is 2.21. The lowest BCUT2D eigenvalue weighted by atomic mass is 10.1. The first kappa shape index (κ1) is 11.2. The zero-order valence-corrected chi connectivity index (χ0v) is 9.43. The zero-order valence-electron chi connectivity index (χ0n) is 9.43. The molecular formula is C12H13N3O2. The second-order valence-electron chi connectivity index (χ2n) is 3.80. The summed E-state index contributed by atoms with van der Waals surface area (Å²) in [6.45, 7) is 1.79. The standard InChI is InChI=1S/C12H13N3O2/c1-8-5-12(17-15-8)14-11(16)7-9-3-2-4-10(13)6-9/h2-6H,7,13H2,1H3,(H,14,16). The molecule has 1 amide bonds. The van der Waals surface area contributed by atoms with Crippen LogP contribution < -0.4 is 11.1 Å². The van der Waals surface area contributed by atoms with Crippen LogP contribution in [0.2, 0.25) is 0 Å². The highest BCUT2D eigenvalue weighted by Gasteiger charge is 2.07. The highest BCUT2D eigenvalue weighted by atomic mass is 16.5. The molecule has 0 bridgehead atoms. The predicted molar refractivity (Wildman–Crippen MR) is 64.4 cm³/mol. The molecule has 0 unspecified atom stereocenters. The lowest BCUT2D eigenvalue weighted by Gasteiger charge is -2.02. The van der Waals surface area contributed by atoms with Crippen LogP contribution >= 0.6 is 0 Å². The van der Waals surface area contributed by atoms with Crippen LogP contribution in [-0.4, -0.2) is 11.1 Å². The van der Waals surface area contributed by atoms with Gasteiger partial charge in [-0.1, -0.05) is 17.3 Å². The van der Waals surface area contributed by atoms with Gasteiger partial charge in [0.25, 0.3) is 0 Å². The summed E-state index contributed by atoms with van der Waals surface area (Å²) in [5, 5.41) is 6.30. The third kappa shape index (κ3) is 3.07. The number of rotatable bonds is 3. The van der Waals surface area contributed by atoms with Crippen LogP contribution in [-0.2, 0) is 11.2 Å². The molecule has 0 aliphatic rings. The van der Waals surface area contributed by atoms with Crippen molar-refractivity contribution >= 4 is 17.5 Å². The van der Waals surface area contributed by atoms with Gasteiger partial charge < -0.3 is 10.3 Å². The van der Waals surface area contributed by atoms with Crippen molar-refractivity contribution in [3.05, 3.63) is 41.6 Å². The van der Waals surface area contributed by atoms with Crippen molar-refractivity contribution in [3.8, 4) is 0 Å². The van der Waals surface area contributed by atoms with E-state index in [1.807, 2.05) is 12.1 Å². The maximum atomic E-state index is 11.7. The second kappa shape index (κ2) is 4.69. The van der Waals surface area contributed by atoms with E-state index in [-0.39, 0.29) is 12.3 Å². The zero-order chi connectivity index (χ0) is 12.3. The van der Waals surface area contributed by atoms with Gasteiger partial charge in [0.05, 0.1) is 12.1 Å². The SMILES string of the molecule is Cc1cc(NC(=O)Cc2cccc(N)c2)on1. The van der Waals surface area contributed by atoms with E-state index in [2.05, 4.69) is 10.5 Å². The summed E-state index contributed by atoms with van der Waals surface area (Å²) in [5.74, 6) is 0.197. The number of aryl methyl sites for hydroxylation is 1. The Kier molecular flexibility index (Phi) is 3.09. The number of nitrogens with zero attached hydrogens (tertiary/aromatic N) is 1. The minimum atomic E-state index is -0.160. The minimum absolute atomic E-state index is 0.160. The molecule has 2 aromatic rings. The molecule has 2 rings (SSSR count). The number of benzene rings is 1. The van der Waals surface area contributed by atoms with Crippen LogP contribution in [0.5, 0.6) is 0 Å². The largest absolute Gasteiger partial charge is 0.399 e.